The third kappa shape index (κ3) is 4.11. The standard InChI is InChI=1S/C18H19N7O3/c26-16-4-1-5-21-25(16)12-17(27)24-8-2-3-13(11-24)9-15-22-18(23-28-15)14-10-19-6-7-20-14/h1,4-7,10,13H,2-3,8-9,11-12H2. The minimum absolute atomic E-state index is 0.0518. The zero-order valence-electron chi connectivity index (χ0n) is 15.1. The molecule has 1 fully saturated rings. The fourth-order valence-corrected chi connectivity index (χ4v) is 3.30. The van der Waals surface area contributed by atoms with Gasteiger partial charge in [-0.3, -0.25) is 14.6 Å². The van der Waals surface area contributed by atoms with E-state index in [4.69, 9.17) is 4.52 Å². The molecular formula is C18H19N7O3. The Bertz CT molecular complexity index is 1000. The zero-order chi connectivity index (χ0) is 19.3. The van der Waals surface area contributed by atoms with E-state index >= 15 is 0 Å². The zero-order valence-corrected chi connectivity index (χ0v) is 15.1. The molecule has 1 atom stereocenters. The first kappa shape index (κ1) is 18.0. The molecule has 0 aliphatic carbocycles. The molecule has 0 bridgehead atoms. The molecule has 3 aromatic heterocycles. The summed E-state index contributed by atoms with van der Waals surface area (Å²) in [6.07, 6.45) is 8.67. The Morgan fingerprint density at radius 3 is 3.04 bits per heavy atom. The van der Waals surface area contributed by atoms with Crippen LogP contribution in [0.3, 0.4) is 0 Å². The number of nitrogens with zero attached hydrogens (tertiary/aromatic N) is 7. The molecule has 1 amide bonds. The summed E-state index contributed by atoms with van der Waals surface area (Å²) in [6.45, 7) is 1.21. The third-order valence-electron chi connectivity index (χ3n) is 4.67. The highest BCUT2D eigenvalue weighted by atomic mass is 16.5. The molecule has 1 unspecified atom stereocenters. The average Bonchev–Trinajstić information content (AvgIpc) is 3.19. The second-order valence-electron chi connectivity index (χ2n) is 6.67. The summed E-state index contributed by atoms with van der Waals surface area (Å²) < 4.78 is 6.52. The van der Waals surface area contributed by atoms with E-state index in [1.54, 1.807) is 29.6 Å². The summed E-state index contributed by atoms with van der Waals surface area (Å²) in [5, 5.41) is 7.90. The van der Waals surface area contributed by atoms with Gasteiger partial charge in [0.05, 0.1) is 6.20 Å². The van der Waals surface area contributed by atoms with Gasteiger partial charge >= 0.3 is 0 Å². The van der Waals surface area contributed by atoms with Gasteiger partial charge in [0.15, 0.2) is 0 Å². The van der Waals surface area contributed by atoms with Gasteiger partial charge in [0.1, 0.15) is 12.2 Å². The molecule has 0 radical (unpaired) electrons. The van der Waals surface area contributed by atoms with Crippen molar-refractivity contribution in [1.29, 1.82) is 0 Å². The maximum absolute atomic E-state index is 12.6. The number of amides is 1. The number of likely N-dealkylation sites (tertiary alicyclic amines) is 1. The number of aromatic nitrogens is 6. The average molecular weight is 381 g/mol. The molecule has 4 rings (SSSR count). The highest BCUT2D eigenvalue weighted by Crippen LogP contribution is 2.21. The minimum Gasteiger partial charge on any atom is -0.341 e. The van der Waals surface area contributed by atoms with Crippen molar-refractivity contribution in [2.75, 3.05) is 13.1 Å². The number of carbonyl (C=O) groups excluding carboxylic acids is 1. The van der Waals surface area contributed by atoms with Crippen molar-refractivity contribution in [3.05, 3.63) is 53.2 Å². The molecule has 0 spiro atoms. The van der Waals surface area contributed by atoms with Gasteiger partial charge in [-0.1, -0.05) is 5.16 Å². The number of rotatable bonds is 5. The highest BCUT2D eigenvalue weighted by Gasteiger charge is 2.26. The van der Waals surface area contributed by atoms with Crippen LogP contribution in [0.2, 0.25) is 0 Å². The summed E-state index contributed by atoms with van der Waals surface area (Å²) in [4.78, 5) is 38.6. The van der Waals surface area contributed by atoms with Crippen LogP contribution in [0.4, 0.5) is 0 Å². The van der Waals surface area contributed by atoms with Crippen LogP contribution in [0.15, 0.2) is 46.2 Å². The SMILES string of the molecule is O=C(Cn1ncccc1=O)N1CCCC(Cc2nc(-c3cnccn3)no2)C1. The van der Waals surface area contributed by atoms with Gasteiger partial charge in [0, 0.05) is 44.2 Å². The van der Waals surface area contributed by atoms with E-state index in [0.29, 0.717) is 36.9 Å². The molecule has 10 nitrogen and oxygen atoms in total. The lowest BCUT2D eigenvalue weighted by Gasteiger charge is -2.32. The van der Waals surface area contributed by atoms with Gasteiger partial charge in [-0.2, -0.15) is 10.1 Å². The van der Waals surface area contributed by atoms with Gasteiger partial charge in [0.25, 0.3) is 5.56 Å². The third-order valence-corrected chi connectivity index (χ3v) is 4.67. The van der Waals surface area contributed by atoms with Crippen LogP contribution in [-0.2, 0) is 17.8 Å². The number of carbonyl (C=O) groups is 1. The topological polar surface area (TPSA) is 120 Å². The van der Waals surface area contributed by atoms with E-state index in [-0.39, 0.29) is 23.9 Å². The Morgan fingerprint density at radius 2 is 2.21 bits per heavy atom. The molecule has 28 heavy (non-hydrogen) atoms. The fourth-order valence-electron chi connectivity index (χ4n) is 3.30. The van der Waals surface area contributed by atoms with Gasteiger partial charge < -0.3 is 9.42 Å². The van der Waals surface area contributed by atoms with Crippen molar-refractivity contribution < 1.29 is 9.32 Å². The minimum atomic E-state index is -0.285. The molecule has 1 saturated heterocycles. The molecule has 1 aliphatic heterocycles. The molecule has 3 aromatic rings. The van der Waals surface area contributed by atoms with Gasteiger partial charge in [-0.15, -0.1) is 0 Å². The van der Waals surface area contributed by atoms with Gasteiger partial charge in [-0.25, -0.2) is 9.67 Å². The van der Waals surface area contributed by atoms with E-state index in [1.807, 2.05) is 0 Å². The van der Waals surface area contributed by atoms with Gasteiger partial charge in [-0.05, 0) is 24.8 Å². The Hall–Kier alpha value is -3.43. The summed E-state index contributed by atoms with van der Waals surface area (Å²) in [5.74, 6) is 1.02. The number of hydrogen-bond acceptors (Lipinski definition) is 8. The number of piperidine rings is 1. The van der Waals surface area contributed by atoms with E-state index in [9.17, 15) is 9.59 Å². The lowest BCUT2D eigenvalue weighted by molar-refractivity contribution is -0.134. The molecule has 0 saturated carbocycles. The Labute approximate surface area is 160 Å². The highest BCUT2D eigenvalue weighted by molar-refractivity contribution is 5.76. The van der Waals surface area contributed by atoms with Crippen LogP contribution in [0.5, 0.6) is 0 Å². The Morgan fingerprint density at radius 1 is 1.29 bits per heavy atom. The lowest BCUT2D eigenvalue weighted by Crippen LogP contribution is -2.43. The second kappa shape index (κ2) is 8.07. The number of hydrogen-bond donors (Lipinski definition) is 0. The van der Waals surface area contributed by atoms with E-state index in [0.717, 1.165) is 12.8 Å². The second-order valence-corrected chi connectivity index (χ2v) is 6.67. The smallest absolute Gasteiger partial charge is 0.267 e. The van der Waals surface area contributed by atoms with Gasteiger partial charge in [0.2, 0.25) is 17.6 Å². The lowest BCUT2D eigenvalue weighted by atomic mass is 9.94. The quantitative estimate of drug-likeness (QED) is 0.629. The first-order valence-corrected chi connectivity index (χ1v) is 9.08. The predicted molar refractivity (Wildman–Crippen MR) is 96.8 cm³/mol. The summed E-state index contributed by atoms with van der Waals surface area (Å²) in [7, 11) is 0. The molecule has 4 heterocycles. The summed E-state index contributed by atoms with van der Waals surface area (Å²) in [6, 6.07) is 2.95. The largest absolute Gasteiger partial charge is 0.341 e. The van der Waals surface area contributed by atoms with Crippen LogP contribution in [0.1, 0.15) is 18.7 Å². The first-order valence-electron chi connectivity index (χ1n) is 9.08. The van der Waals surface area contributed by atoms with E-state index < -0.39 is 0 Å². The van der Waals surface area contributed by atoms with Crippen LogP contribution in [-0.4, -0.2) is 53.8 Å². The van der Waals surface area contributed by atoms with Crippen LogP contribution < -0.4 is 5.56 Å². The van der Waals surface area contributed by atoms with Crippen LogP contribution in [0, 0.1) is 5.92 Å². The predicted octanol–water partition coefficient (Wildman–Crippen LogP) is 0.565. The fraction of sp³-hybridized carbons (Fsp3) is 0.389. The van der Waals surface area contributed by atoms with Crippen molar-refractivity contribution in [2.24, 2.45) is 5.92 Å². The molecule has 144 valence electrons. The molecule has 0 aromatic carbocycles. The van der Waals surface area contributed by atoms with Crippen molar-refractivity contribution in [3.8, 4) is 11.5 Å². The van der Waals surface area contributed by atoms with Crippen molar-refractivity contribution in [3.63, 3.8) is 0 Å². The Kier molecular flexibility index (Phi) is 5.18. The molecule has 10 heteroatoms. The van der Waals surface area contributed by atoms with Crippen molar-refractivity contribution >= 4 is 5.91 Å². The molecule has 0 N–H and O–H groups in total. The maximum Gasteiger partial charge on any atom is 0.267 e. The first-order chi connectivity index (χ1) is 13.7. The van der Waals surface area contributed by atoms with E-state index in [2.05, 4.69) is 25.2 Å². The van der Waals surface area contributed by atoms with E-state index in [1.165, 1.54) is 16.9 Å². The van der Waals surface area contributed by atoms with Crippen molar-refractivity contribution in [2.45, 2.75) is 25.8 Å². The maximum atomic E-state index is 12.6. The normalized spacial score (nSPS) is 16.9. The summed E-state index contributed by atoms with van der Waals surface area (Å²) >= 11 is 0. The monoisotopic (exact) mass is 381 g/mol. The van der Waals surface area contributed by atoms with Crippen LogP contribution >= 0.6 is 0 Å². The Balaban J connectivity index is 1.38. The van der Waals surface area contributed by atoms with Crippen LogP contribution in [0.25, 0.3) is 11.5 Å². The van der Waals surface area contributed by atoms with Crippen molar-refractivity contribution in [1.82, 2.24) is 34.8 Å². The molecule has 1 aliphatic rings. The molecular weight excluding hydrogens is 362 g/mol. The summed E-state index contributed by atoms with van der Waals surface area (Å²) in [5.41, 5.74) is 0.269.